The fraction of sp³-hybridized carbons (Fsp3) is 0.462. The van der Waals surface area contributed by atoms with Gasteiger partial charge in [-0.15, -0.1) is 0 Å². The van der Waals surface area contributed by atoms with Gasteiger partial charge < -0.3 is 0 Å². The first-order valence-corrected chi connectivity index (χ1v) is 5.22. The van der Waals surface area contributed by atoms with E-state index < -0.39 is 0 Å². The molecule has 0 amide bonds. The Bertz CT molecular complexity index is 232. The zero-order chi connectivity index (χ0) is 10.8. The molecule has 0 radical (unpaired) electrons. The predicted molar refractivity (Wildman–Crippen MR) is 62.2 cm³/mol. The van der Waals surface area contributed by atoms with Gasteiger partial charge in [0, 0.05) is 5.92 Å². The van der Waals surface area contributed by atoms with Gasteiger partial charge in [0.2, 0.25) is 0 Å². The Hall–Kier alpha value is -1.11. The van der Waals surface area contributed by atoms with E-state index in [1.54, 1.807) is 12.2 Å². The van der Waals surface area contributed by atoms with E-state index in [2.05, 4.69) is 13.0 Å². The Morgan fingerprint density at radius 2 is 1.79 bits per heavy atom. The average Bonchev–Trinajstić information content (AvgIpc) is 2.16. The SMILES string of the molecule is CCC/C=C/C=C/C=C/C(=O)C(C)C. The van der Waals surface area contributed by atoms with Crippen LogP contribution in [0, 0.1) is 5.92 Å². The van der Waals surface area contributed by atoms with Gasteiger partial charge in [0.15, 0.2) is 5.78 Å². The lowest BCUT2D eigenvalue weighted by Gasteiger charge is -1.94. The standard InChI is InChI=1S/C13H20O/c1-4-5-6-7-8-9-10-11-13(14)12(2)3/h6-12H,4-5H2,1-3H3/b7-6+,9-8+,11-10+. The molecule has 0 saturated carbocycles. The van der Waals surface area contributed by atoms with Gasteiger partial charge in [0.1, 0.15) is 0 Å². The predicted octanol–water partition coefficient (Wildman–Crippen LogP) is 3.68. The largest absolute Gasteiger partial charge is 0.295 e. The second kappa shape index (κ2) is 8.49. The molecule has 0 aromatic heterocycles. The number of hydrogen-bond acceptors (Lipinski definition) is 1. The van der Waals surface area contributed by atoms with E-state index in [0.717, 1.165) is 6.42 Å². The molecular formula is C13H20O. The van der Waals surface area contributed by atoms with Gasteiger partial charge >= 0.3 is 0 Å². The molecule has 0 aromatic carbocycles. The van der Waals surface area contributed by atoms with Crippen molar-refractivity contribution in [1.29, 1.82) is 0 Å². The van der Waals surface area contributed by atoms with Gasteiger partial charge in [-0.3, -0.25) is 4.79 Å². The van der Waals surface area contributed by atoms with Crippen LogP contribution >= 0.6 is 0 Å². The van der Waals surface area contributed by atoms with Gasteiger partial charge in [-0.2, -0.15) is 0 Å². The number of hydrogen-bond donors (Lipinski definition) is 0. The van der Waals surface area contributed by atoms with E-state index in [0.29, 0.717) is 0 Å². The summed E-state index contributed by atoms with van der Waals surface area (Å²) in [6.07, 6.45) is 13.6. The zero-order valence-corrected chi connectivity index (χ0v) is 9.36. The van der Waals surface area contributed by atoms with Crippen LogP contribution in [0.3, 0.4) is 0 Å². The molecular weight excluding hydrogens is 172 g/mol. The third kappa shape index (κ3) is 7.53. The number of carbonyl (C=O) groups excluding carboxylic acids is 1. The number of carbonyl (C=O) groups is 1. The first-order valence-electron chi connectivity index (χ1n) is 5.22. The zero-order valence-electron chi connectivity index (χ0n) is 9.36. The van der Waals surface area contributed by atoms with Gasteiger partial charge in [-0.1, -0.05) is 57.6 Å². The van der Waals surface area contributed by atoms with Crippen molar-refractivity contribution in [1.82, 2.24) is 0 Å². The molecule has 0 atom stereocenters. The van der Waals surface area contributed by atoms with Crippen molar-refractivity contribution in [3.8, 4) is 0 Å². The summed E-state index contributed by atoms with van der Waals surface area (Å²) < 4.78 is 0. The quantitative estimate of drug-likeness (QED) is 0.463. The molecule has 0 aliphatic heterocycles. The van der Waals surface area contributed by atoms with Crippen molar-refractivity contribution in [3.05, 3.63) is 36.5 Å². The van der Waals surface area contributed by atoms with Crippen molar-refractivity contribution in [2.75, 3.05) is 0 Å². The molecule has 0 N–H and O–H groups in total. The van der Waals surface area contributed by atoms with E-state index in [1.165, 1.54) is 6.42 Å². The van der Waals surface area contributed by atoms with Crippen molar-refractivity contribution in [2.24, 2.45) is 5.92 Å². The second-order valence-corrected chi connectivity index (χ2v) is 3.52. The van der Waals surface area contributed by atoms with Gasteiger partial charge in [-0.25, -0.2) is 0 Å². The maximum Gasteiger partial charge on any atom is 0.158 e. The van der Waals surface area contributed by atoms with Crippen LogP contribution in [-0.2, 0) is 4.79 Å². The van der Waals surface area contributed by atoms with Crippen LogP contribution in [0.4, 0.5) is 0 Å². The highest BCUT2D eigenvalue weighted by Crippen LogP contribution is 1.95. The Morgan fingerprint density at radius 3 is 2.36 bits per heavy atom. The Balaban J connectivity index is 3.76. The minimum absolute atomic E-state index is 0.0929. The first kappa shape index (κ1) is 12.9. The first-order chi connectivity index (χ1) is 6.68. The van der Waals surface area contributed by atoms with Gasteiger partial charge in [-0.05, 0) is 12.5 Å². The molecule has 0 fully saturated rings. The molecule has 1 heteroatoms. The molecule has 0 spiro atoms. The Morgan fingerprint density at radius 1 is 1.14 bits per heavy atom. The highest BCUT2D eigenvalue weighted by Gasteiger charge is 1.99. The minimum atomic E-state index is 0.0929. The van der Waals surface area contributed by atoms with Crippen molar-refractivity contribution in [2.45, 2.75) is 33.6 Å². The summed E-state index contributed by atoms with van der Waals surface area (Å²) >= 11 is 0. The van der Waals surface area contributed by atoms with E-state index in [-0.39, 0.29) is 11.7 Å². The van der Waals surface area contributed by atoms with Crippen LogP contribution in [0.5, 0.6) is 0 Å². The Labute approximate surface area is 87.2 Å². The summed E-state index contributed by atoms with van der Waals surface area (Å²) in [7, 11) is 0. The van der Waals surface area contributed by atoms with E-state index >= 15 is 0 Å². The van der Waals surface area contributed by atoms with Gasteiger partial charge in [0.05, 0.1) is 0 Å². The molecule has 0 saturated heterocycles. The topological polar surface area (TPSA) is 17.1 Å². The summed E-state index contributed by atoms with van der Waals surface area (Å²) in [4.78, 5) is 11.1. The van der Waals surface area contributed by atoms with Crippen LogP contribution < -0.4 is 0 Å². The highest BCUT2D eigenvalue weighted by molar-refractivity contribution is 5.91. The summed E-state index contributed by atoms with van der Waals surface area (Å²) in [6, 6.07) is 0. The monoisotopic (exact) mass is 192 g/mol. The maximum absolute atomic E-state index is 11.1. The van der Waals surface area contributed by atoms with Crippen LogP contribution in [0.2, 0.25) is 0 Å². The van der Waals surface area contributed by atoms with E-state index in [4.69, 9.17) is 0 Å². The maximum atomic E-state index is 11.1. The molecule has 0 rings (SSSR count). The highest BCUT2D eigenvalue weighted by atomic mass is 16.1. The molecule has 0 unspecified atom stereocenters. The molecule has 1 nitrogen and oxygen atoms in total. The molecule has 0 heterocycles. The van der Waals surface area contributed by atoms with Crippen LogP contribution in [0.1, 0.15) is 33.6 Å². The summed E-state index contributed by atoms with van der Waals surface area (Å²) in [5.74, 6) is 0.266. The van der Waals surface area contributed by atoms with Crippen LogP contribution in [0.25, 0.3) is 0 Å². The normalized spacial score (nSPS) is 12.6. The van der Waals surface area contributed by atoms with E-state index in [1.807, 2.05) is 32.1 Å². The molecule has 78 valence electrons. The lowest BCUT2D eigenvalue weighted by Crippen LogP contribution is -2.01. The smallest absolute Gasteiger partial charge is 0.158 e. The summed E-state index contributed by atoms with van der Waals surface area (Å²) in [6.45, 7) is 5.95. The number of allylic oxidation sites excluding steroid dienone is 6. The summed E-state index contributed by atoms with van der Waals surface area (Å²) in [5.41, 5.74) is 0. The second-order valence-electron chi connectivity index (χ2n) is 3.52. The third-order valence-corrected chi connectivity index (χ3v) is 1.75. The minimum Gasteiger partial charge on any atom is -0.295 e. The third-order valence-electron chi connectivity index (χ3n) is 1.75. The van der Waals surface area contributed by atoms with Crippen molar-refractivity contribution in [3.63, 3.8) is 0 Å². The average molecular weight is 192 g/mol. The number of ketones is 1. The Kier molecular flexibility index (Phi) is 7.81. The molecule has 0 aliphatic carbocycles. The number of unbranched alkanes of at least 4 members (excludes halogenated alkanes) is 1. The molecule has 0 aromatic rings. The molecule has 0 bridgehead atoms. The van der Waals surface area contributed by atoms with Crippen LogP contribution in [-0.4, -0.2) is 5.78 Å². The van der Waals surface area contributed by atoms with Gasteiger partial charge in [0.25, 0.3) is 0 Å². The fourth-order valence-corrected chi connectivity index (χ4v) is 0.813. The lowest BCUT2D eigenvalue weighted by molar-refractivity contribution is -0.117. The molecule has 14 heavy (non-hydrogen) atoms. The van der Waals surface area contributed by atoms with Crippen LogP contribution in [0.15, 0.2) is 36.5 Å². The number of rotatable bonds is 6. The van der Waals surface area contributed by atoms with E-state index in [9.17, 15) is 4.79 Å². The molecule has 0 aliphatic rings. The van der Waals surface area contributed by atoms with Crippen molar-refractivity contribution < 1.29 is 4.79 Å². The summed E-state index contributed by atoms with van der Waals surface area (Å²) in [5, 5.41) is 0. The lowest BCUT2D eigenvalue weighted by atomic mass is 10.1. The van der Waals surface area contributed by atoms with Crippen molar-refractivity contribution >= 4 is 5.78 Å². The fourth-order valence-electron chi connectivity index (χ4n) is 0.813.